The Morgan fingerprint density at radius 2 is 1.59 bits per heavy atom. The van der Waals surface area contributed by atoms with Crippen LogP contribution in [0.25, 0.3) is 0 Å². The van der Waals surface area contributed by atoms with Gasteiger partial charge in [-0.3, -0.25) is 25.1 Å². The molecule has 11 nitrogen and oxygen atoms in total. The molecule has 0 heterocycles. The van der Waals surface area contributed by atoms with Crippen LogP contribution in [0.15, 0.2) is 24.3 Å². The number of hydrogen-bond acceptors (Lipinski definition) is 8. The summed E-state index contributed by atoms with van der Waals surface area (Å²) in [7, 11) is 5.25. The van der Waals surface area contributed by atoms with E-state index in [1.54, 1.807) is 43.3 Å². The minimum absolute atomic E-state index is 0.00617. The van der Waals surface area contributed by atoms with Crippen LogP contribution in [0.3, 0.4) is 0 Å². The third-order valence-electron chi connectivity index (χ3n) is 7.04. The molecule has 0 saturated heterocycles. The summed E-state index contributed by atoms with van der Waals surface area (Å²) in [4.78, 5) is 51.9. The van der Waals surface area contributed by atoms with Crippen molar-refractivity contribution in [1.29, 1.82) is 0 Å². The van der Waals surface area contributed by atoms with Gasteiger partial charge in [0.1, 0.15) is 12.9 Å². The van der Waals surface area contributed by atoms with Crippen LogP contribution in [0, 0.1) is 11.8 Å². The second-order valence-electron chi connectivity index (χ2n) is 11.1. The lowest BCUT2D eigenvalue weighted by atomic mass is 10.1. The molecule has 3 amide bonds. The maximum Gasteiger partial charge on any atom is 0.411 e. The van der Waals surface area contributed by atoms with E-state index in [1.165, 1.54) is 4.90 Å². The van der Waals surface area contributed by atoms with Crippen LogP contribution in [0.1, 0.15) is 65.9 Å². The zero-order valence-electron chi connectivity index (χ0n) is 26.2. The lowest BCUT2D eigenvalue weighted by molar-refractivity contribution is -0.132. The van der Waals surface area contributed by atoms with Crippen molar-refractivity contribution >= 4 is 29.9 Å². The zero-order valence-corrected chi connectivity index (χ0v) is 26.2. The summed E-state index contributed by atoms with van der Waals surface area (Å²) in [6.07, 6.45) is 2.80. The van der Waals surface area contributed by atoms with E-state index >= 15 is 0 Å². The van der Waals surface area contributed by atoms with Crippen LogP contribution in [0.4, 0.5) is 10.5 Å². The Labute approximate surface area is 246 Å². The lowest BCUT2D eigenvalue weighted by Gasteiger charge is -2.33. The molecule has 2 unspecified atom stereocenters. The Morgan fingerprint density at radius 3 is 2.12 bits per heavy atom. The van der Waals surface area contributed by atoms with Gasteiger partial charge in [0.25, 0.3) is 0 Å². The number of carbonyl (C=O) groups is 4. The van der Waals surface area contributed by atoms with E-state index < -0.39 is 12.3 Å². The summed E-state index contributed by atoms with van der Waals surface area (Å²) in [5.74, 6) is 0.123. The Bertz CT molecular complexity index is 940. The smallest absolute Gasteiger partial charge is 0.411 e. The van der Waals surface area contributed by atoms with Gasteiger partial charge in [-0.1, -0.05) is 53.2 Å². The molecule has 232 valence electrons. The molecule has 0 fully saturated rings. The Balaban J connectivity index is 2.62. The Kier molecular flexibility index (Phi) is 16.8. The first-order chi connectivity index (χ1) is 19.4. The van der Waals surface area contributed by atoms with Crippen molar-refractivity contribution in [3.63, 3.8) is 0 Å². The second kappa shape index (κ2) is 19.2. The Morgan fingerprint density at radius 1 is 0.927 bits per heavy atom. The van der Waals surface area contributed by atoms with Gasteiger partial charge < -0.3 is 25.1 Å². The predicted octanol–water partition coefficient (Wildman–Crippen LogP) is 3.16. The summed E-state index contributed by atoms with van der Waals surface area (Å²) in [6.45, 7) is 10.4. The number of benzene rings is 1. The van der Waals surface area contributed by atoms with E-state index in [1.807, 2.05) is 20.9 Å². The van der Waals surface area contributed by atoms with Gasteiger partial charge in [-0.2, -0.15) is 0 Å². The van der Waals surface area contributed by atoms with Crippen molar-refractivity contribution in [2.45, 2.75) is 85.3 Å². The third kappa shape index (κ3) is 13.0. The number of amides is 3. The van der Waals surface area contributed by atoms with Crippen molar-refractivity contribution in [1.82, 2.24) is 25.8 Å². The second-order valence-corrected chi connectivity index (χ2v) is 11.1. The first kappa shape index (κ1) is 36.0. The molecule has 1 rings (SSSR count). The number of hydrogen-bond donors (Lipinski definition) is 4. The van der Waals surface area contributed by atoms with E-state index in [9.17, 15) is 19.2 Å². The summed E-state index contributed by atoms with van der Waals surface area (Å²) < 4.78 is 5.52. The zero-order chi connectivity index (χ0) is 30.9. The lowest BCUT2D eigenvalue weighted by Crippen LogP contribution is -2.53. The molecule has 0 spiro atoms. The van der Waals surface area contributed by atoms with Crippen molar-refractivity contribution < 1.29 is 23.9 Å². The maximum absolute atomic E-state index is 12.9. The first-order valence-electron chi connectivity index (χ1n) is 14.6. The van der Waals surface area contributed by atoms with Gasteiger partial charge in [-0.05, 0) is 49.4 Å². The molecule has 0 aliphatic rings. The molecule has 0 saturated carbocycles. The van der Waals surface area contributed by atoms with Crippen LogP contribution in [-0.2, 0) is 25.7 Å². The number of anilines is 1. The van der Waals surface area contributed by atoms with E-state index in [0.717, 1.165) is 24.7 Å². The van der Waals surface area contributed by atoms with Gasteiger partial charge in [0.15, 0.2) is 0 Å². The van der Waals surface area contributed by atoms with E-state index in [-0.39, 0.29) is 49.6 Å². The molecule has 1 aromatic carbocycles. The first-order valence-corrected chi connectivity index (χ1v) is 14.6. The minimum Gasteiger partial charge on any atom is -0.445 e. The van der Waals surface area contributed by atoms with Crippen molar-refractivity contribution in [2.75, 3.05) is 39.5 Å². The maximum atomic E-state index is 12.9. The number of ether oxygens (including phenoxy) is 1. The van der Waals surface area contributed by atoms with Gasteiger partial charge in [0.05, 0.1) is 25.4 Å². The molecular formula is C30H52N6O5. The van der Waals surface area contributed by atoms with Crippen LogP contribution in [0.5, 0.6) is 0 Å². The number of rotatable bonds is 19. The molecule has 41 heavy (non-hydrogen) atoms. The SMILES string of the molecule is CCC[C@@H](CCC=O)N(C)C(=O)CNC(C(C)C)N(C)C(=O)OCc1ccc(NC(=O)CNC(NC)C(C)C)cc1. The third-order valence-corrected chi connectivity index (χ3v) is 7.04. The average molecular weight is 577 g/mol. The Hall–Kier alpha value is -3.02. The fourth-order valence-electron chi connectivity index (χ4n) is 4.59. The van der Waals surface area contributed by atoms with Gasteiger partial charge in [-0.15, -0.1) is 0 Å². The molecule has 11 heteroatoms. The highest BCUT2D eigenvalue weighted by Gasteiger charge is 2.26. The van der Waals surface area contributed by atoms with Gasteiger partial charge in [-0.25, -0.2) is 4.79 Å². The summed E-state index contributed by atoms with van der Waals surface area (Å²) in [5, 5.41) is 12.4. The van der Waals surface area contributed by atoms with Crippen molar-refractivity contribution in [2.24, 2.45) is 11.8 Å². The van der Waals surface area contributed by atoms with Crippen molar-refractivity contribution in [3.05, 3.63) is 29.8 Å². The van der Waals surface area contributed by atoms with Gasteiger partial charge >= 0.3 is 6.09 Å². The largest absolute Gasteiger partial charge is 0.445 e. The predicted molar refractivity (Wildman–Crippen MR) is 162 cm³/mol. The standard InChI is InChI=1S/C30H52N6O5/c1-9-11-25(12-10-17-37)35(7)27(39)19-33-29(22(4)5)36(8)30(40)41-20-23-13-15-24(16-14-23)34-26(38)18-32-28(31-6)21(2)3/h13-17,21-22,25,28-29,31-33H,9-12,18-20H2,1-8H3,(H,34,38)/t25-,28?,29?/m0/s1. The molecule has 3 atom stereocenters. The number of likely N-dealkylation sites (N-methyl/N-ethyl adjacent to an activating group) is 1. The summed E-state index contributed by atoms with van der Waals surface area (Å²) in [5.41, 5.74) is 1.43. The average Bonchev–Trinajstić information content (AvgIpc) is 2.94. The number of carbonyl (C=O) groups excluding carboxylic acids is 4. The molecular weight excluding hydrogens is 524 g/mol. The number of nitrogens with zero attached hydrogens (tertiary/aromatic N) is 2. The molecule has 4 N–H and O–H groups in total. The molecule has 0 aliphatic carbocycles. The highest BCUT2D eigenvalue weighted by molar-refractivity contribution is 5.92. The number of aldehydes is 1. The topological polar surface area (TPSA) is 132 Å². The fourth-order valence-corrected chi connectivity index (χ4v) is 4.59. The van der Waals surface area contributed by atoms with Gasteiger partial charge in [0, 0.05) is 32.2 Å². The van der Waals surface area contributed by atoms with E-state index in [4.69, 9.17) is 4.74 Å². The van der Waals surface area contributed by atoms with E-state index in [0.29, 0.717) is 24.4 Å². The van der Waals surface area contributed by atoms with Crippen LogP contribution >= 0.6 is 0 Å². The normalized spacial score (nSPS) is 13.4. The minimum atomic E-state index is -0.514. The van der Waals surface area contributed by atoms with Crippen LogP contribution < -0.4 is 21.3 Å². The highest BCUT2D eigenvalue weighted by atomic mass is 16.6. The van der Waals surface area contributed by atoms with Crippen LogP contribution in [-0.4, -0.2) is 86.6 Å². The van der Waals surface area contributed by atoms with E-state index in [2.05, 4.69) is 42.0 Å². The summed E-state index contributed by atoms with van der Waals surface area (Å²) in [6, 6.07) is 7.14. The molecule has 0 radical (unpaired) electrons. The fraction of sp³-hybridized carbons (Fsp3) is 0.667. The molecule has 0 aromatic heterocycles. The van der Waals surface area contributed by atoms with Crippen LogP contribution in [0.2, 0.25) is 0 Å². The summed E-state index contributed by atoms with van der Waals surface area (Å²) >= 11 is 0. The van der Waals surface area contributed by atoms with Gasteiger partial charge in [0.2, 0.25) is 11.8 Å². The quantitative estimate of drug-likeness (QED) is 0.146. The molecule has 0 aliphatic heterocycles. The monoisotopic (exact) mass is 576 g/mol. The molecule has 0 bridgehead atoms. The van der Waals surface area contributed by atoms with Crippen molar-refractivity contribution in [3.8, 4) is 0 Å². The highest BCUT2D eigenvalue weighted by Crippen LogP contribution is 2.14. The molecule has 1 aromatic rings. The number of nitrogens with one attached hydrogen (secondary N) is 4.